The summed E-state index contributed by atoms with van der Waals surface area (Å²) < 4.78 is 0. The number of carbonyl (C=O) groups excluding carboxylic acids is 2. The lowest BCUT2D eigenvalue weighted by molar-refractivity contribution is -0.137. The number of carbonyl (C=O) groups is 2. The van der Waals surface area contributed by atoms with E-state index in [9.17, 15) is 9.59 Å². The predicted molar refractivity (Wildman–Crippen MR) is 62.8 cm³/mol. The molecule has 3 N–H and O–H groups in total. The average Bonchev–Trinajstić information content (AvgIpc) is 2.35. The van der Waals surface area contributed by atoms with Crippen molar-refractivity contribution >= 4 is 22.7 Å². The standard InChI is InChI=1S/C12H11N3O2/c13-11(16)12(17)14-7-9-6-5-8-3-1-2-4-10(8)15-9/h1-6H,7H2,(H2,13,16)(H,14,17). The molecule has 1 aromatic heterocycles. The Morgan fingerprint density at radius 1 is 1.18 bits per heavy atom. The van der Waals surface area contributed by atoms with Gasteiger partial charge in [0.25, 0.3) is 0 Å². The Labute approximate surface area is 97.6 Å². The Balaban J connectivity index is 2.14. The maximum atomic E-state index is 11.0. The second-order valence-corrected chi connectivity index (χ2v) is 3.54. The quantitative estimate of drug-likeness (QED) is 0.728. The van der Waals surface area contributed by atoms with Crippen LogP contribution in [0.4, 0.5) is 0 Å². The maximum Gasteiger partial charge on any atom is 0.309 e. The molecule has 0 saturated heterocycles. The van der Waals surface area contributed by atoms with Gasteiger partial charge in [0.2, 0.25) is 0 Å². The molecule has 0 radical (unpaired) electrons. The Morgan fingerprint density at radius 2 is 1.94 bits per heavy atom. The number of nitrogens with one attached hydrogen (secondary N) is 1. The van der Waals surface area contributed by atoms with E-state index in [1.807, 2.05) is 30.3 Å². The van der Waals surface area contributed by atoms with Crippen LogP contribution in [0.15, 0.2) is 36.4 Å². The van der Waals surface area contributed by atoms with Crippen molar-refractivity contribution in [2.75, 3.05) is 0 Å². The molecule has 5 heteroatoms. The molecule has 1 heterocycles. The van der Waals surface area contributed by atoms with Gasteiger partial charge in [-0.3, -0.25) is 14.6 Å². The highest BCUT2D eigenvalue weighted by Gasteiger charge is 2.07. The molecule has 0 aliphatic carbocycles. The van der Waals surface area contributed by atoms with Crippen LogP contribution in [0.2, 0.25) is 0 Å². The molecule has 2 rings (SSSR count). The fraction of sp³-hybridized carbons (Fsp3) is 0.0833. The lowest BCUT2D eigenvalue weighted by Gasteiger charge is -2.03. The van der Waals surface area contributed by atoms with E-state index in [-0.39, 0.29) is 6.54 Å². The second kappa shape index (κ2) is 4.61. The summed E-state index contributed by atoms with van der Waals surface area (Å²) in [4.78, 5) is 25.8. The molecule has 0 fully saturated rings. The third kappa shape index (κ3) is 2.57. The van der Waals surface area contributed by atoms with Gasteiger partial charge >= 0.3 is 11.8 Å². The van der Waals surface area contributed by atoms with Crippen molar-refractivity contribution in [2.24, 2.45) is 5.73 Å². The molecular weight excluding hydrogens is 218 g/mol. The van der Waals surface area contributed by atoms with Gasteiger partial charge in [-0.05, 0) is 12.1 Å². The Hall–Kier alpha value is -2.43. The molecule has 0 atom stereocenters. The number of nitrogens with two attached hydrogens (primary N) is 1. The summed E-state index contributed by atoms with van der Waals surface area (Å²) in [6.07, 6.45) is 0. The van der Waals surface area contributed by atoms with Crippen LogP contribution in [0.3, 0.4) is 0 Å². The zero-order chi connectivity index (χ0) is 12.3. The molecule has 2 amide bonds. The van der Waals surface area contributed by atoms with E-state index in [2.05, 4.69) is 10.3 Å². The minimum absolute atomic E-state index is 0.187. The number of amides is 2. The predicted octanol–water partition coefficient (Wildman–Crippen LogP) is 0.336. The fourth-order valence-electron chi connectivity index (χ4n) is 1.46. The van der Waals surface area contributed by atoms with Crippen molar-refractivity contribution in [3.63, 3.8) is 0 Å². The molecule has 0 unspecified atom stereocenters. The van der Waals surface area contributed by atoms with Crippen LogP contribution in [0.25, 0.3) is 10.9 Å². The van der Waals surface area contributed by atoms with Gasteiger partial charge in [-0.25, -0.2) is 0 Å². The first-order valence-electron chi connectivity index (χ1n) is 5.09. The van der Waals surface area contributed by atoms with Crippen LogP contribution in [0.5, 0.6) is 0 Å². The molecule has 86 valence electrons. The van der Waals surface area contributed by atoms with Crippen molar-refractivity contribution in [3.05, 3.63) is 42.1 Å². The first kappa shape index (κ1) is 11.1. The number of para-hydroxylation sites is 1. The molecule has 0 aliphatic heterocycles. The summed E-state index contributed by atoms with van der Waals surface area (Å²) in [6.45, 7) is 0.187. The minimum atomic E-state index is -0.995. The molecule has 17 heavy (non-hydrogen) atoms. The van der Waals surface area contributed by atoms with Gasteiger partial charge in [0.1, 0.15) is 0 Å². The Kier molecular flexibility index (Phi) is 3.00. The number of rotatable bonds is 2. The molecule has 0 aliphatic rings. The number of primary amides is 1. The van der Waals surface area contributed by atoms with E-state index in [0.29, 0.717) is 5.69 Å². The smallest absolute Gasteiger partial charge is 0.309 e. The maximum absolute atomic E-state index is 11.0. The lowest BCUT2D eigenvalue weighted by atomic mass is 10.2. The van der Waals surface area contributed by atoms with E-state index in [1.54, 1.807) is 6.07 Å². The SMILES string of the molecule is NC(=O)C(=O)NCc1ccc2ccccc2n1. The van der Waals surface area contributed by atoms with Crippen molar-refractivity contribution in [1.29, 1.82) is 0 Å². The third-order valence-corrected chi connectivity index (χ3v) is 2.31. The molecule has 5 nitrogen and oxygen atoms in total. The minimum Gasteiger partial charge on any atom is -0.361 e. The van der Waals surface area contributed by atoms with E-state index < -0.39 is 11.8 Å². The highest BCUT2D eigenvalue weighted by atomic mass is 16.2. The number of nitrogens with zero attached hydrogens (tertiary/aromatic N) is 1. The Bertz CT molecular complexity index is 581. The van der Waals surface area contributed by atoms with Crippen LogP contribution in [0.1, 0.15) is 5.69 Å². The van der Waals surface area contributed by atoms with Crippen LogP contribution < -0.4 is 11.1 Å². The molecule has 2 aromatic rings. The van der Waals surface area contributed by atoms with Gasteiger partial charge in [0.05, 0.1) is 17.8 Å². The normalized spacial score (nSPS) is 10.1. The van der Waals surface area contributed by atoms with Crippen LogP contribution >= 0.6 is 0 Å². The number of hydrogen-bond donors (Lipinski definition) is 2. The van der Waals surface area contributed by atoms with Crippen molar-refractivity contribution in [2.45, 2.75) is 6.54 Å². The summed E-state index contributed by atoms with van der Waals surface area (Å²) in [5, 5.41) is 3.41. The molecule has 1 aromatic carbocycles. The van der Waals surface area contributed by atoms with Crippen LogP contribution in [-0.2, 0) is 16.1 Å². The molecular formula is C12H11N3O2. The number of benzene rings is 1. The zero-order valence-electron chi connectivity index (χ0n) is 9.01. The molecule has 0 bridgehead atoms. The van der Waals surface area contributed by atoms with Gasteiger partial charge in [-0.2, -0.15) is 0 Å². The largest absolute Gasteiger partial charge is 0.361 e. The Morgan fingerprint density at radius 3 is 2.71 bits per heavy atom. The van der Waals surface area contributed by atoms with Gasteiger partial charge in [-0.15, -0.1) is 0 Å². The highest BCUT2D eigenvalue weighted by molar-refractivity contribution is 6.34. The average molecular weight is 229 g/mol. The van der Waals surface area contributed by atoms with Crippen LogP contribution in [-0.4, -0.2) is 16.8 Å². The topological polar surface area (TPSA) is 85.1 Å². The van der Waals surface area contributed by atoms with Gasteiger partial charge in [0, 0.05) is 5.39 Å². The summed E-state index contributed by atoms with van der Waals surface area (Å²) in [7, 11) is 0. The van der Waals surface area contributed by atoms with Gasteiger partial charge in [-0.1, -0.05) is 24.3 Å². The lowest BCUT2D eigenvalue weighted by Crippen LogP contribution is -2.35. The van der Waals surface area contributed by atoms with Crippen molar-refractivity contribution < 1.29 is 9.59 Å². The van der Waals surface area contributed by atoms with E-state index in [1.165, 1.54) is 0 Å². The number of hydrogen-bond acceptors (Lipinski definition) is 3. The summed E-state index contributed by atoms with van der Waals surface area (Å²) in [5.74, 6) is -1.80. The molecule has 0 saturated carbocycles. The van der Waals surface area contributed by atoms with E-state index in [0.717, 1.165) is 10.9 Å². The number of aromatic nitrogens is 1. The summed E-state index contributed by atoms with van der Waals surface area (Å²) in [5.41, 5.74) is 6.34. The number of fused-ring (bicyclic) bond motifs is 1. The van der Waals surface area contributed by atoms with Gasteiger partial charge < -0.3 is 11.1 Å². The van der Waals surface area contributed by atoms with Crippen molar-refractivity contribution in [3.8, 4) is 0 Å². The van der Waals surface area contributed by atoms with Crippen LogP contribution in [0, 0.1) is 0 Å². The summed E-state index contributed by atoms with van der Waals surface area (Å²) in [6, 6.07) is 11.4. The molecule has 0 spiro atoms. The van der Waals surface area contributed by atoms with E-state index >= 15 is 0 Å². The first-order chi connectivity index (χ1) is 8.16. The fourth-order valence-corrected chi connectivity index (χ4v) is 1.46. The van der Waals surface area contributed by atoms with Crippen molar-refractivity contribution in [1.82, 2.24) is 10.3 Å². The monoisotopic (exact) mass is 229 g/mol. The van der Waals surface area contributed by atoms with Gasteiger partial charge in [0.15, 0.2) is 0 Å². The highest BCUT2D eigenvalue weighted by Crippen LogP contribution is 2.11. The first-order valence-corrected chi connectivity index (χ1v) is 5.09. The third-order valence-electron chi connectivity index (χ3n) is 2.31. The van der Waals surface area contributed by atoms with E-state index in [4.69, 9.17) is 5.73 Å². The number of pyridine rings is 1. The summed E-state index contributed by atoms with van der Waals surface area (Å²) >= 11 is 0. The second-order valence-electron chi connectivity index (χ2n) is 3.54. The zero-order valence-corrected chi connectivity index (χ0v) is 9.01.